The SMILES string of the molecule is C[C@H]1CC[C@@H]2C[C@H]1S(Cc1ccc(CN=[N+]=[N-])cc1)(OS(=O)(=O)C(F)(F)F)C2(C)C. The predicted molar refractivity (Wildman–Crippen MR) is 111 cm³/mol. The molecule has 1 aromatic rings. The monoisotopic (exact) mass is 465 g/mol. The molecule has 4 atom stereocenters. The van der Waals surface area contributed by atoms with E-state index in [1.54, 1.807) is 24.3 Å². The first-order valence-electron chi connectivity index (χ1n) is 9.74. The smallest absolute Gasteiger partial charge is 0.212 e. The van der Waals surface area contributed by atoms with Crippen LogP contribution in [-0.2, 0) is 26.0 Å². The van der Waals surface area contributed by atoms with Gasteiger partial charge in [-0.3, -0.25) is 0 Å². The highest BCUT2D eigenvalue weighted by atomic mass is 32.3. The van der Waals surface area contributed by atoms with Crippen molar-refractivity contribution in [3.63, 3.8) is 0 Å². The van der Waals surface area contributed by atoms with Crippen LogP contribution >= 0.6 is 10.3 Å². The van der Waals surface area contributed by atoms with E-state index in [9.17, 15) is 21.6 Å². The van der Waals surface area contributed by atoms with E-state index in [2.05, 4.69) is 10.0 Å². The minimum absolute atomic E-state index is 0.0886. The first-order valence-corrected chi connectivity index (χ1v) is 12.9. The lowest BCUT2D eigenvalue weighted by Gasteiger charge is -2.50. The van der Waals surface area contributed by atoms with Crippen molar-refractivity contribution in [2.45, 2.75) is 67.8 Å². The highest BCUT2D eigenvalue weighted by molar-refractivity contribution is 8.34. The number of fused-ring (bicyclic) bond motifs is 2. The topological polar surface area (TPSA) is 92.1 Å². The number of hydrogen-bond donors (Lipinski definition) is 0. The summed E-state index contributed by atoms with van der Waals surface area (Å²) in [4.78, 5) is 2.71. The normalized spacial score (nSPS) is 32.8. The summed E-state index contributed by atoms with van der Waals surface area (Å²) in [6, 6.07) is 6.99. The van der Waals surface area contributed by atoms with Gasteiger partial charge in [-0.25, -0.2) is 3.63 Å². The van der Waals surface area contributed by atoms with Crippen LogP contribution in [0.2, 0.25) is 0 Å². The van der Waals surface area contributed by atoms with Crippen LogP contribution in [-0.4, -0.2) is 23.9 Å². The Labute approximate surface area is 176 Å². The first kappa shape index (κ1) is 23.2. The van der Waals surface area contributed by atoms with Crippen LogP contribution in [0, 0.1) is 11.8 Å². The number of nitrogens with zero attached hydrogens (tertiary/aromatic N) is 3. The standard InChI is InChI=1S/C19H26F3N3O3S2/c1-13-4-9-16-10-17(13)29(18(16,2)3,28-30(26,27)19(20,21)22)12-15-7-5-14(6-8-15)11-24-25-23/h5-8,13,16-17H,4,9-12H2,1-3H3/t13-,16+,17+/m0/s1. The fourth-order valence-corrected chi connectivity index (χ4v) is 12.0. The predicted octanol–water partition coefficient (Wildman–Crippen LogP) is 6.18. The second kappa shape index (κ2) is 7.93. The van der Waals surface area contributed by atoms with Crippen LogP contribution < -0.4 is 0 Å². The van der Waals surface area contributed by atoms with Crippen LogP contribution in [0.5, 0.6) is 0 Å². The second-order valence-corrected chi connectivity index (χ2v) is 14.0. The van der Waals surface area contributed by atoms with Crippen molar-refractivity contribution in [2.24, 2.45) is 17.0 Å². The molecule has 0 amide bonds. The summed E-state index contributed by atoms with van der Waals surface area (Å²) in [6.45, 7) is 5.89. The van der Waals surface area contributed by atoms with E-state index in [0.29, 0.717) is 6.42 Å². The molecule has 0 radical (unpaired) electrons. The Balaban J connectivity index is 2.05. The van der Waals surface area contributed by atoms with Crippen LogP contribution in [0.15, 0.2) is 29.4 Å². The number of azide groups is 1. The van der Waals surface area contributed by atoms with Crippen LogP contribution in [0.4, 0.5) is 13.2 Å². The molecule has 1 aliphatic carbocycles. The highest BCUT2D eigenvalue weighted by Crippen LogP contribution is 2.78. The van der Waals surface area contributed by atoms with Crippen molar-refractivity contribution in [3.8, 4) is 0 Å². The van der Waals surface area contributed by atoms with E-state index in [4.69, 9.17) is 9.16 Å². The Kier molecular flexibility index (Phi) is 6.14. The van der Waals surface area contributed by atoms with Crippen molar-refractivity contribution >= 4 is 20.4 Å². The Morgan fingerprint density at radius 1 is 1.23 bits per heavy atom. The van der Waals surface area contributed by atoms with E-state index in [0.717, 1.165) is 24.0 Å². The molecule has 1 heterocycles. The molecule has 2 bridgehead atoms. The maximum atomic E-state index is 13.3. The van der Waals surface area contributed by atoms with Gasteiger partial charge in [0.15, 0.2) is 0 Å². The molecule has 2 fully saturated rings. The molecule has 30 heavy (non-hydrogen) atoms. The number of halogens is 3. The molecule has 168 valence electrons. The third-order valence-electron chi connectivity index (χ3n) is 6.70. The number of benzene rings is 1. The summed E-state index contributed by atoms with van der Waals surface area (Å²) in [5.74, 6) is 0.356. The van der Waals surface area contributed by atoms with Crippen LogP contribution in [0.3, 0.4) is 0 Å². The van der Waals surface area contributed by atoms with Crippen molar-refractivity contribution in [3.05, 3.63) is 45.8 Å². The third kappa shape index (κ3) is 3.92. The summed E-state index contributed by atoms with van der Waals surface area (Å²) in [5.41, 5.74) is 4.48. The van der Waals surface area contributed by atoms with Crippen LogP contribution in [0.1, 0.15) is 51.2 Å². The van der Waals surface area contributed by atoms with Gasteiger partial charge in [0, 0.05) is 20.7 Å². The summed E-state index contributed by atoms with van der Waals surface area (Å²) in [7, 11) is -8.41. The number of rotatable bonds is 6. The van der Waals surface area contributed by atoms with Gasteiger partial charge in [0.05, 0.1) is 6.54 Å². The molecule has 1 aliphatic heterocycles. The zero-order valence-corrected chi connectivity index (χ0v) is 18.7. The number of hydrogen-bond acceptors (Lipinski definition) is 4. The molecule has 1 unspecified atom stereocenters. The van der Waals surface area contributed by atoms with Crippen LogP contribution in [0.25, 0.3) is 10.4 Å². The molecule has 6 nitrogen and oxygen atoms in total. The molecule has 0 aromatic heterocycles. The summed E-state index contributed by atoms with van der Waals surface area (Å²) in [6.07, 6.45) is 2.40. The zero-order valence-electron chi connectivity index (χ0n) is 17.1. The molecule has 1 saturated heterocycles. The van der Waals surface area contributed by atoms with E-state index >= 15 is 0 Å². The van der Waals surface area contributed by atoms with Gasteiger partial charge in [-0.1, -0.05) is 36.3 Å². The molecular weight excluding hydrogens is 439 g/mol. The number of alkyl halides is 3. The van der Waals surface area contributed by atoms with Gasteiger partial charge < -0.3 is 0 Å². The van der Waals surface area contributed by atoms with Gasteiger partial charge in [-0.15, -0.1) is 10.3 Å². The van der Waals surface area contributed by atoms with Gasteiger partial charge in [0.25, 0.3) is 0 Å². The molecular formula is C19H26F3N3O3S2. The van der Waals surface area contributed by atoms with Crippen molar-refractivity contribution in [1.82, 2.24) is 0 Å². The average Bonchev–Trinajstić information content (AvgIpc) is 2.81. The fraction of sp³-hybridized carbons (Fsp3) is 0.684. The first-order chi connectivity index (χ1) is 13.8. The van der Waals surface area contributed by atoms with Gasteiger partial charge in [0.2, 0.25) is 0 Å². The van der Waals surface area contributed by atoms with Gasteiger partial charge in [0.1, 0.15) is 0 Å². The zero-order chi connectivity index (χ0) is 22.4. The molecule has 11 heteroatoms. The Morgan fingerprint density at radius 3 is 2.40 bits per heavy atom. The molecule has 1 saturated carbocycles. The Bertz CT molecular complexity index is 944. The molecule has 3 rings (SSSR count). The minimum atomic E-state index is -5.73. The lowest BCUT2D eigenvalue weighted by atomic mass is 9.78. The lowest BCUT2D eigenvalue weighted by Crippen LogP contribution is -2.39. The second-order valence-electron chi connectivity index (χ2n) is 8.67. The maximum absolute atomic E-state index is 13.3. The molecule has 0 spiro atoms. The van der Waals surface area contributed by atoms with E-state index in [1.165, 1.54) is 0 Å². The minimum Gasteiger partial charge on any atom is -0.212 e. The summed E-state index contributed by atoms with van der Waals surface area (Å²) < 4.78 is 69.0. The average molecular weight is 466 g/mol. The van der Waals surface area contributed by atoms with E-state index in [-0.39, 0.29) is 29.4 Å². The van der Waals surface area contributed by atoms with Gasteiger partial charge >= 0.3 is 15.6 Å². The lowest BCUT2D eigenvalue weighted by molar-refractivity contribution is -0.0497. The largest absolute Gasteiger partial charge is 0.523 e. The van der Waals surface area contributed by atoms with Crippen molar-refractivity contribution < 1.29 is 25.2 Å². The van der Waals surface area contributed by atoms with E-state index in [1.807, 2.05) is 20.8 Å². The van der Waals surface area contributed by atoms with Crippen molar-refractivity contribution in [1.29, 1.82) is 0 Å². The summed E-state index contributed by atoms with van der Waals surface area (Å²) >= 11 is 0. The van der Waals surface area contributed by atoms with Gasteiger partial charge in [-0.2, -0.15) is 21.6 Å². The highest BCUT2D eigenvalue weighted by Gasteiger charge is 2.64. The quantitative estimate of drug-likeness (QED) is 0.217. The summed E-state index contributed by atoms with van der Waals surface area (Å²) in [5, 5.41) is 3.28. The Morgan fingerprint density at radius 2 is 1.83 bits per heavy atom. The van der Waals surface area contributed by atoms with Crippen molar-refractivity contribution in [2.75, 3.05) is 0 Å². The fourth-order valence-electron chi connectivity index (χ4n) is 4.87. The molecule has 0 N–H and O–H groups in total. The van der Waals surface area contributed by atoms with Gasteiger partial charge in [-0.05, 0) is 61.6 Å². The third-order valence-corrected chi connectivity index (χ3v) is 13.5. The van der Waals surface area contributed by atoms with E-state index < -0.39 is 30.7 Å². The Hall–Kier alpha value is -1.42. The maximum Gasteiger partial charge on any atom is 0.523 e. The molecule has 2 aliphatic rings. The molecule has 1 aromatic carbocycles.